The van der Waals surface area contributed by atoms with Gasteiger partial charge in [-0.3, -0.25) is 4.90 Å². The average molecular weight is 266 g/mol. The molecule has 1 aromatic rings. The van der Waals surface area contributed by atoms with E-state index in [-0.39, 0.29) is 5.82 Å². The van der Waals surface area contributed by atoms with E-state index >= 15 is 0 Å². The lowest BCUT2D eigenvalue weighted by Crippen LogP contribution is -2.38. The number of nitrogens with zero attached hydrogens (tertiary/aromatic N) is 1. The van der Waals surface area contributed by atoms with Gasteiger partial charge >= 0.3 is 0 Å². The molecular formula is C16H27FN2. The van der Waals surface area contributed by atoms with Gasteiger partial charge in [0.05, 0.1) is 0 Å². The van der Waals surface area contributed by atoms with Crippen LogP contribution < -0.4 is 5.32 Å². The van der Waals surface area contributed by atoms with E-state index in [0.717, 1.165) is 25.1 Å². The second kappa shape index (κ2) is 8.28. The Morgan fingerprint density at radius 1 is 1.26 bits per heavy atom. The Kier molecular flexibility index (Phi) is 7.03. The van der Waals surface area contributed by atoms with E-state index in [1.165, 1.54) is 6.07 Å². The van der Waals surface area contributed by atoms with E-state index in [4.69, 9.17) is 0 Å². The fourth-order valence-corrected chi connectivity index (χ4v) is 2.15. The van der Waals surface area contributed by atoms with Crippen LogP contribution in [-0.4, -0.2) is 31.1 Å². The van der Waals surface area contributed by atoms with E-state index < -0.39 is 0 Å². The third kappa shape index (κ3) is 5.29. The number of rotatable bonds is 8. The average Bonchev–Trinajstić information content (AvgIpc) is 2.40. The Morgan fingerprint density at radius 3 is 2.58 bits per heavy atom. The Bertz CT molecular complexity index is 368. The van der Waals surface area contributed by atoms with Crippen molar-refractivity contribution < 1.29 is 4.39 Å². The largest absolute Gasteiger partial charge is 0.316 e. The van der Waals surface area contributed by atoms with Crippen LogP contribution in [0.3, 0.4) is 0 Å². The highest BCUT2D eigenvalue weighted by Gasteiger charge is 2.17. The summed E-state index contributed by atoms with van der Waals surface area (Å²) in [7, 11) is 2.06. The second-order valence-electron chi connectivity index (χ2n) is 5.43. The molecule has 0 fully saturated rings. The first-order valence-electron chi connectivity index (χ1n) is 7.20. The molecule has 1 N–H and O–H groups in total. The first-order chi connectivity index (χ1) is 9.06. The molecule has 0 aliphatic heterocycles. The van der Waals surface area contributed by atoms with Crippen molar-refractivity contribution in [2.75, 3.05) is 20.1 Å². The lowest BCUT2D eigenvalue weighted by atomic mass is 10.0. The van der Waals surface area contributed by atoms with E-state index in [1.54, 1.807) is 6.07 Å². The van der Waals surface area contributed by atoms with E-state index in [0.29, 0.717) is 18.5 Å². The maximum Gasteiger partial charge on any atom is 0.127 e. The molecule has 108 valence electrons. The van der Waals surface area contributed by atoms with Crippen LogP contribution in [0.2, 0.25) is 0 Å². The van der Waals surface area contributed by atoms with E-state index in [2.05, 4.69) is 38.0 Å². The van der Waals surface area contributed by atoms with Crippen LogP contribution in [0.1, 0.15) is 32.8 Å². The molecule has 1 rings (SSSR count). The van der Waals surface area contributed by atoms with Crippen molar-refractivity contribution in [1.82, 2.24) is 10.2 Å². The molecule has 0 heterocycles. The molecule has 0 aliphatic rings. The van der Waals surface area contributed by atoms with E-state index in [1.807, 2.05) is 12.1 Å². The zero-order chi connectivity index (χ0) is 14.3. The topological polar surface area (TPSA) is 15.3 Å². The van der Waals surface area contributed by atoms with Crippen molar-refractivity contribution in [1.29, 1.82) is 0 Å². The Morgan fingerprint density at radius 2 is 1.95 bits per heavy atom. The van der Waals surface area contributed by atoms with Crippen molar-refractivity contribution in [2.24, 2.45) is 5.92 Å². The third-order valence-electron chi connectivity index (χ3n) is 3.79. The van der Waals surface area contributed by atoms with Gasteiger partial charge in [0.1, 0.15) is 5.82 Å². The lowest BCUT2D eigenvalue weighted by molar-refractivity contribution is 0.187. The summed E-state index contributed by atoms with van der Waals surface area (Å²) in [6.07, 6.45) is 1.16. The highest BCUT2D eigenvalue weighted by molar-refractivity contribution is 5.17. The minimum atomic E-state index is -0.113. The molecule has 0 bridgehead atoms. The molecule has 0 aromatic heterocycles. The lowest BCUT2D eigenvalue weighted by Gasteiger charge is -2.30. The van der Waals surface area contributed by atoms with Gasteiger partial charge in [-0.25, -0.2) is 4.39 Å². The predicted molar refractivity (Wildman–Crippen MR) is 79.7 cm³/mol. The number of hydrogen-bond acceptors (Lipinski definition) is 2. The van der Waals surface area contributed by atoms with Crippen LogP contribution in [0.15, 0.2) is 24.3 Å². The fourth-order valence-electron chi connectivity index (χ4n) is 2.15. The molecule has 0 amide bonds. The van der Waals surface area contributed by atoms with Crippen molar-refractivity contribution in [3.8, 4) is 0 Å². The van der Waals surface area contributed by atoms with Crippen LogP contribution in [0.5, 0.6) is 0 Å². The van der Waals surface area contributed by atoms with Gasteiger partial charge in [-0.05, 0) is 45.5 Å². The Hall–Kier alpha value is -0.930. The summed E-state index contributed by atoms with van der Waals surface area (Å²) in [6, 6.07) is 7.44. The summed E-state index contributed by atoms with van der Waals surface area (Å²) in [5.41, 5.74) is 0.769. The zero-order valence-corrected chi connectivity index (χ0v) is 12.6. The van der Waals surface area contributed by atoms with Gasteiger partial charge < -0.3 is 5.32 Å². The molecule has 2 atom stereocenters. The van der Waals surface area contributed by atoms with Crippen molar-refractivity contribution >= 4 is 0 Å². The first kappa shape index (κ1) is 16.1. The third-order valence-corrected chi connectivity index (χ3v) is 3.79. The number of hydrogen-bond donors (Lipinski definition) is 1. The standard InChI is InChI=1S/C16H27FN2/c1-5-10-18-11-13(2)14(3)19(4)12-15-8-6-7-9-16(15)17/h6-9,13-14,18H,5,10-12H2,1-4H3. The molecule has 0 saturated carbocycles. The molecule has 19 heavy (non-hydrogen) atoms. The Labute approximate surface area is 117 Å². The summed E-state index contributed by atoms with van der Waals surface area (Å²) in [6.45, 7) is 9.35. The van der Waals surface area contributed by atoms with Crippen LogP contribution in [0.25, 0.3) is 0 Å². The highest BCUT2D eigenvalue weighted by atomic mass is 19.1. The number of halogens is 1. The maximum atomic E-state index is 13.6. The molecule has 2 nitrogen and oxygen atoms in total. The number of benzene rings is 1. The molecular weight excluding hydrogens is 239 g/mol. The summed E-state index contributed by atoms with van der Waals surface area (Å²) in [5, 5.41) is 3.45. The van der Waals surface area contributed by atoms with Gasteiger partial charge in [-0.1, -0.05) is 32.0 Å². The molecule has 1 aromatic carbocycles. The minimum absolute atomic E-state index is 0.113. The maximum absolute atomic E-state index is 13.6. The summed E-state index contributed by atoms with van der Waals surface area (Å²) in [5.74, 6) is 0.432. The SMILES string of the molecule is CCCNCC(C)C(C)N(C)Cc1ccccc1F. The van der Waals surface area contributed by atoms with Crippen LogP contribution >= 0.6 is 0 Å². The predicted octanol–water partition coefficient (Wildman–Crippen LogP) is 3.28. The van der Waals surface area contributed by atoms with Gasteiger partial charge in [0.2, 0.25) is 0 Å². The van der Waals surface area contributed by atoms with Gasteiger partial charge in [0.25, 0.3) is 0 Å². The molecule has 2 unspecified atom stereocenters. The molecule has 0 spiro atoms. The summed E-state index contributed by atoms with van der Waals surface area (Å²) >= 11 is 0. The van der Waals surface area contributed by atoms with Crippen molar-refractivity contribution in [3.05, 3.63) is 35.6 Å². The van der Waals surface area contributed by atoms with Crippen LogP contribution in [0, 0.1) is 11.7 Å². The fraction of sp³-hybridized carbons (Fsp3) is 0.625. The van der Waals surface area contributed by atoms with E-state index in [9.17, 15) is 4.39 Å². The Balaban J connectivity index is 2.48. The first-order valence-corrected chi connectivity index (χ1v) is 7.20. The van der Waals surface area contributed by atoms with Crippen LogP contribution in [0.4, 0.5) is 4.39 Å². The molecule has 3 heteroatoms. The van der Waals surface area contributed by atoms with Gasteiger partial charge in [-0.15, -0.1) is 0 Å². The number of nitrogens with one attached hydrogen (secondary N) is 1. The zero-order valence-electron chi connectivity index (χ0n) is 12.6. The van der Waals surface area contributed by atoms with Crippen LogP contribution in [-0.2, 0) is 6.54 Å². The second-order valence-corrected chi connectivity index (χ2v) is 5.43. The van der Waals surface area contributed by atoms with Crippen molar-refractivity contribution in [3.63, 3.8) is 0 Å². The highest BCUT2D eigenvalue weighted by Crippen LogP contribution is 2.14. The quantitative estimate of drug-likeness (QED) is 0.726. The summed E-state index contributed by atoms with van der Waals surface area (Å²) in [4.78, 5) is 2.22. The molecule has 0 saturated heterocycles. The monoisotopic (exact) mass is 266 g/mol. The molecule has 0 aliphatic carbocycles. The summed E-state index contributed by atoms with van der Waals surface area (Å²) < 4.78 is 13.6. The minimum Gasteiger partial charge on any atom is -0.316 e. The van der Waals surface area contributed by atoms with Crippen molar-refractivity contribution in [2.45, 2.75) is 39.8 Å². The molecule has 0 radical (unpaired) electrons. The van der Waals surface area contributed by atoms with Gasteiger partial charge in [0, 0.05) is 18.2 Å². The van der Waals surface area contributed by atoms with Gasteiger partial charge in [-0.2, -0.15) is 0 Å². The van der Waals surface area contributed by atoms with Gasteiger partial charge in [0.15, 0.2) is 0 Å². The smallest absolute Gasteiger partial charge is 0.127 e. The normalized spacial score (nSPS) is 14.6.